The quantitative estimate of drug-likeness (QED) is 0.476. The summed E-state index contributed by atoms with van der Waals surface area (Å²) in [5.41, 5.74) is 0.759. The predicted molar refractivity (Wildman–Crippen MR) is 99.3 cm³/mol. The summed E-state index contributed by atoms with van der Waals surface area (Å²) in [4.78, 5) is 11.3. The molecule has 4 rings (SSSR count). The maximum atomic E-state index is 11.3. The summed E-state index contributed by atoms with van der Waals surface area (Å²) >= 11 is 0. The van der Waals surface area contributed by atoms with Crippen molar-refractivity contribution in [3.63, 3.8) is 0 Å². The fourth-order valence-corrected chi connectivity index (χ4v) is 7.39. The maximum Gasteiger partial charge on any atom is 0.307 e. The molecule has 0 amide bonds. The van der Waals surface area contributed by atoms with E-state index in [0.717, 1.165) is 36.4 Å². The van der Waals surface area contributed by atoms with Crippen LogP contribution in [0.2, 0.25) is 0 Å². The highest BCUT2D eigenvalue weighted by Gasteiger charge is 2.59. The molecule has 0 aromatic carbocycles. The first kappa shape index (κ1) is 17.2. The third-order valence-electron chi connectivity index (χ3n) is 8.76. The molecule has 0 aromatic rings. The van der Waals surface area contributed by atoms with Crippen molar-refractivity contribution in [3.8, 4) is 12.3 Å². The van der Waals surface area contributed by atoms with Gasteiger partial charge in [0, 0.05) is 19.3 Å². The second-order valence-corrected chi connectivity index (χ2v) is 9.67. The summed E-state index contributed by atoms with van der Waals surface area (Å²) in [6.45, 7) is 6.51. The molecule has 0 radical (unpaired) electrons. The Bertz CT molecular complexity index is 641. The third kappa shape index (κ3) is 2.49. The van der Waals surface area contributed by atoms with Crippen LogP contribution >= 0.6 is 0 Å². The van der Waals surface area contributed by atoms with Gasteiger partial charge in [0.1, 0.15) is 5.76 Å². The van der Waals surface area contributed by atoms with E-state index >= 15 is 0 Å². The Morgan fingerprint density at radius 2 is 1.92 bits per heavy atom. The first-order valence-electron chi connectivity index (χ1n) is 10.2. The van der Waals surface area contributed by atoms with E-state index in [1.165, 1.54) is 45.4 Å². The van der Waals surface area contributed by atoms with Gasteiger partial charge in [-0.05, 0) is 85.5 Å². The van der Waals surface area contributed by atoms with Gasteiger partial charge in [0.15, 0.2) is 0 Å². The molecule has 2 nitrogen and oxygen atoms in total. The van der Waals surface area contributed by atoms with Gasteiger partial charge in [0.05, 0.1) is 0 Å². The molecule has 0 N–H and O–H groups in total. The van der Waals surface area contributed by atoms with Crippen molar-refractivity contribution in [2.24, 2.45) is 40.4 Å². The normalized spacial score (nSPS) is 48.4. The Morgan fingerprint density at radius 1 is 1.16 bits per heavy atom. The molecule has 136 valence electrons. The Hall–Kier alpha value is -1.23. The lowest BCUT2D eigenvalue weighted by atomic mass is 9.45. The van der Waals surface area contributed by atoms with Crippen LogP contribution in [-0.2, 0) is 9.53 Å². The van der Waals surface area contributed by atoms with Gasteiger partial charge in [0.25, 0.3) is 0 Å². The van der Waals surface area contributed by atoms with Gasteiger partial charge < -0.3 is 4.74 Å². The maximum absolute atomic E-state index is 11.3. The molecule has 3 saturated carbocycles. The molecule has 2 heteroatoms. The van der Waals surface area contributed by atoms with Crippen LogP contribution in [0.1, 0.15) is 72.1 Å². The van der Waals surface area contributed by atoms with Gasteiger partial charge in [-0.2, -0.15) is 0 Å². The van der Waals surface area contributed by atoms with E-state index in [0.29, 0.717) is 22.7 Å². The highest BCUT2D eigenvalue weighted by Crippen LogP contribution is 2.67. The van der Waals surface area contributed by atoms with E-state index in [1.54, 1.807) is 0 Å². The number of esters is 1. The first-order valence-corrected chi connectivity index (χ1v) is 10.2. The molecule has 25 heavy (non-hydrogen) atoms. The molecule has 7 atom stereocenters. The SMILES string of the molecule is C#C[C@@H]1CC[C@H]2[C@@H]3CC[C@H]4CC(OC(C)=O)=CC[C@]4(C)[C@H]3CC[C@]12C. The lowest BCUT2D eigenvalue weighted by Gasteiger charge is -2.59. The minimum Gasteiger partial charge on any atom is -0.432 e. The number of fused-ring (bicyclic) bond motifs is 5. The summed E-state index contributed by atoms with van der Waals surface area (Å²) < 4.78 is 5.44. The molecule has 0 unspecified atom stereocenters. The lowest BCUT2D eigenvalue weighted by molar-refractivity contribution is -0.139. The summed E-state index contributed by atoms with van der Waals surface area (Å²) in [5.74, 6) is 7.52. The number of carbonyl (C=O) groups excluding carboxylic acids is 1. The van der Waals surface area contributed by atoms with Gasteiger partial charge in [-0.15, -0.1) is 12.3 Å². The average molecular weight is 341 g/mol. The zero-order valence-electron chi connectivity index (χ0n) is 16.0. The molecule has 0 saturated heterocycles. The molecule has 4 aliphatic rings. The standard InChI is InChI=1S/C23H32O2/c1-5-16-7-9-20-19-8-6-17-14-18(25-15(2)24)10-12-23(17,4)21(19)11-13-22(16,20)3/h1,10,16-17,19-21H,6-9,11-14H2,2-4H3/t16-,17+,19+,20+,21+,22-,23+/m1/s1. The molecule has 0 aliphatic heterocycles. The van der Waals surface area contributed by atoms with Crippen molar-refractivity contribution in [1.82, 2.24) is 0 Å². The summed E-state index contributed by atoms with van der Waals surface area (Å²) in [7, 11) is 0. The van der Waals surface area contributed by atoms with E-state index in [2.05, 4.69) is 25.8 Å². The van der Waals surface area contributed by atoms with Crippen molar-refractivity contribution in [1.29, 1.82) is 0 Å². The monoisotopic (exact) mass is 340 g/mol. The van der Waals surface area contributed by atoms with Gasteiger partial charge in [0.2, 0.25) is 0 Å². The van der Waals surface area contributed by atoms with Crippen LogP contribution in [0, 0.1) is 52.8 Å². The van der Waals surface area contributed by atoms with Crippen LogP contribution in [0.25, 0.3) is 0 Å². The predicted octanol–water partition coefficient (Wildman–Crippen LogP) is 5.34. The Balaban J connectivity index is 1.58. The van der Waals surface area contributed by atoms with E-state index in [9.17, 15) is 4.79 Å². The van der Waals surface area contributed by atoms with Gasteiger partial charge in [-0.25, -0.2) is 0 Å². The smallest absolute Gasteiger partial charge is 0.307 e. The second-order valence-electron chi connectivity index (χ2n) is 9.67. The Morgan fingerprint density at radius 3 is 2.64 bits per heavy atom. The van der Waals surface area contributed by atoms with Crippen molar-refractivity contribution >= 4 is 5.97 Å². The molecular weight excluding hydrogens is 308 g/mol. The van der Waals surface area contributed by atoms with Crippen molar-refractivity contribution < 1.29 is 9.53 Å². The highest BCUT2D eigenvalue weighted by atomic mass is 16.5. The topological polar surface area (TPSA) is 26.3 Å². The summed E-state index contributed by atoms with van der Waals surface area (Å²) in [6, 6.07) is 0. The minimum absolute atomic E-state index is 0.178. The van der Waals surface area contributed by atoms with Crippen LogP contribution in [0.5, 0.6) is 0 Å². The number of carbonyl (C=O) groups is 1. The molecule has 4 aliphatic carbocycles. The van der Waals surface area contributed by atoms with Gasteiger partial charge in [-0.3, -0.25) is 4.79 Å². The third-order valence-corrected chi connectivity index (χ3v) is 8.76. The van der Waals surface area contributed by atoms with Crippen LogP contribution in [-0.4, -0.2) is 5.97 Å². The first-order chi connectivity index (χ1) is 11.9. The number of terminal acetylenes is 1. The van der Waals surface area contributed by atoms with Crippen LogP contribution < -0.4 is 0 Å². The fraction of sp³-hybridized carbons (Fsp3) is 0.783. The van der Waals surface area contributed by atoms with E-state index in [-0.39, 0.29) is 5.97 Å². The molecule has 0 heterocycles. The van der Waals surface area contributed by atoms with E-state index in [1.807, 2.05) is 0 Å². The average Bonchev–Trinajstić information content (AvgIpc) is 2.91. The number of hydrogen-bond acceptors (Lipinski definition) is 2. The molecule has 3 fully saturated rings. The molecule has 0 aromatic heterocycles. The zero-order chi connectivity index (χ0) is 17.8. The number of rotatable bonds is 1. The summed E-state index contributed by atoms with van der Waals surface area (Å²) in [6.07, 6.45) is 18.0. The van der Waals surface area contributed by atoms with Crippen LogP contribution in [0.4, 0.5) is 0 Å². The van der Waals surface area contributed by atoms with E-state index in [4.69, 9.17) is 11.2 Å². The highest BCUT2D eigenvalue weighted by molar-refractivity contribution is 5.67. The summed E-state index contributed by atoms with van der Waals surface area (Å²) in [5, 5.41) is 0. The molecule has 0 spiro atoms. The number of hydrogen-bond donors (Lipinski definition) is 0. The molecule has 0 bridgehead atoms. The lowest BCUT2D eigenvalue weighted by Crippen LogP contribution is -2.52. The minimum atomic E-state index is -0.178. The van der Waals surface area contributed by atoms with Crippen molar-refractivity contribution in [2.75, 3.05) is 0 Å². The van der Waals surface area contributed by atoms with E-state index < -0.39 is 0 Å². The Kier molecular flexibility index (Phi) is 4.06. The second kappa shape index (κ2) is 5.90. The molecular formula is C23H32O2. The zero-order valence-corrected chi connectivity index (χ0v) is 16.0. The largest absolute Gasteiger partial charge is 0.432 e. The van der Waals surface area contributed by atoms with Gasteiger partial charge >= 0.3 is 5.97 Å². The number of ether oxygens (including phenoxy) is 1. The van der Waals surface area contributed by atoms with Crippen molar-refractivity contribution in [3.05, 3.63) is 11.8 Å². The number of allylic oxidation sites excluding steroid dienone is 2. The Labute approximate surface area is 152 Å². The van der Waals surface area contributed by atoms with Gasteiger partial charge in [-0.1, -0.05) is 13.8 Å². The van der Waals surface area contributed by atoms with Crippen molar-refractivity contribution in [2.45, 2.75) is 72.1 Å². The fourth-order valence-electron chi connectivity index (χ4n) is 7.39. The van der Waals surface area contributed by atoms with Crippen LogP contribution in [0.3, 0.4) is 0 Å². The van der Waals surface area contributed by atoms with Crippen LogP contribution in [0.15, 0.2) is 11.8 Å².